The number of anilines is 1. The van der Waals surface area contributed by atoms with Crippen molar-refractivity contribution in [2.45, 2.75) is 45.4 Å². The van der Waals surface area contributed by atoms with Crippen LogP contribution in [0.3, 0.4) is 0 Å². The van der Waals surface area contributed by atoms with Crippen molar-refractivity contribution in [3.8, 4) is 0 Å². The second-order valence-electron chi connectivity index (χ2n) is 7.82. The highest BCUT2D eigenvalue weighted by atomic mass is 35.5. The lowest BCUT2D eigenvalue weighted by Gasteiger charge is -2.39. The number of hydrogen-bond donors (Lipinski definition) is 2. The summed E-state index contributed by atoms with van der Waals surface area (Å²) in [6, 6.07) is 1.36. The molecular weight excluding hydrogens is 479 g/mol. The van der Waals surface area contributed by atoms with Crippen LogP contribution in [0.15, 0.2) is 12.3 Å². The molecule has 3 rings (SSSR count). The van der Waals surface area contributed by atoms with Gasteiger partial charge < -0.3 is 24.7 Å². The molecule has 1 saturated heterocycles. The highest BCUT2D eigenvalue weighted by Gasteiger charge is 2.33. The average Bonchev–Trinajstić information content (AvgIpc) is 3.01. The monoisotopic (exact) mass is 502 g/mol. The van der Waals surface area contributed by atoms with E-state index in [-0.39, 0.29) is 40.6 Å². The van der Waals surface area contributed by atoms with Crippen molar-refractivity contribution in [1.29, 1.82) is 0 Å². The van der Waals surface area contributed by atoms with Gasteiger partial charge in [-0.1, -0.05) is 34.8 Å². The number of amides is 1. The van der Waals surface area contributed by atoms with Gasteiger partial charge in [0, 0.05) is 32.1 Å². The number of H-pyrrole nitrogens is 1. The van der Waals surface area contributed by atoms with Gasteiger partial charge in [0.15, 0.2) is 5.69 Å². The number of methoxy groups -OCH3 is 1. The summed E-state index contributed by atoms with van der Waals surface area (Å²) in [7, 11) is 1.58. The van der Waals surface area contributed by atoms with E-state index in [1.807, 2.05) is 4.90 Å². The van der Waals surface area contributed by atoms with Gasteiger partial charge in [-0.05, 0) is 33.3 Å². The van der Waals surface area contributed by atoms with Crippen LogP contribution in [0.1, 0.15) is 46.9 Å². The minimum absolute atomic E-state index is 0.177. The summed E-state index contributed by atoms with van der Waals surface area (Å²) in [5.41, 5.74) is 1.67. The number of rotatable bonds is 6. The lowest BCUT2D eigenvalue weighted by atomic mass is 10.0. The van der Waals surface area contributed by atoms with E-state index in [1.54, 1.807) is 33.9 Å². The number of nitrogens with one attached hydrogen (secondary N) is 2. The van der Waals surface area contributed by atoms with Crippen molar-refractivity contribution in [2.75, 3.05) is 25.1 Å². The maximum absolute atomic E-state index is 12.7. The third-order valence-corrected chi connectivity index (χ3v) is 6.43. The number of hydrogen-bond acceptors (Lipinski definition) is 6. The Kier molecular flexibility index (Phi) is 7.92. The Morgan fingerprint density at radius 2 is 2.00 bits per heavy atom. The molecule has 8 nitrogen and oxygen atoms in total. The van der Waals surface area contributed by atoms with Crippen LogP contribution in [0.25, 0.3) is 0 Å². The molecule has 2 atom stereocenters. The average molecular weight is 504 g/mol. The summed E-state index contributed by atoms with van der Waals surface area (Å²) in [6.45, 7) is 6.30. The van der Waals surface area contributed by atoms with Gasteiger partial charge in [0.25, 0.3) is 5.91 Å². The number of halogens is 3. The SMILES string of the molecule is CO[C@H]1CN(c2cc(C(=O)OC(C)C)ncc2Cl)CC[C@H]1NC(=O)c1[nH]c(C)c(Cl)c1Cl. The standard InChI is InChI=1S/C21H25Cl3N4O4/c1-10(2)32-21(30)14-7-15(12(22)8-25-14)28-6-5-13(16(9-28)31-4)27-20(29)19-18(24)17(23)11(3)26-19/h7-8,10,13,16,26H,5-6,9H2,1-4H3,(H,27,29)/t13-,16+/m1/s1. The van der Waals surface area contributed by atoms with Gasteiger partial charge in [-0.25, -0.2) is 9.78 Å². The van der Waals surface area contributed by atoms with Gasteiger partial charge in [0.05, 0.1) is 39.0 Å². The molecule has 2 N–H and O–H groups in total. The summed E-state index contributed by atoms with van der Waals surface area (Å²) in [4.78, 5) is 34.0. The molecule has 0 aromatic carbocycles. The number of carbonyl (C=O) groups excluding carboxylic acids is 2. The molecule has 0 unspecified atom stereocenters. The number of carbonyl (C=O) groups is 2. The normalized spacial score (nSPS) is 18.7. The second-order valence-corrected chi connectivity index (χ2v) is 8.98. The maximum atomic E-state index is 12.7. The Morgan fingerprint density at radius 1 is 1.28 bits per heavy atom. The summed E-state index contributed by atoms with van der Waals surface area (Å²) in [5.74, 6) is -0.869. The van der Waals surface area contributed by atoms with Gasteiger partial charge >= 0.3 is 5.97 Å². The number of pyridine rings is 1. The number of nitrogens with zero attached hydrogens (tertiary/aromatic N) is 2. The highest BCUT2D eigenvalue weighted by molar-refractivity contribution is 6.44. The smallest absolute Gasteiger partial charge is 0.357 e. The molecule has 0 bridgehead atoms. The lowest BCUT2D eigenvalue weighted by molar-refractivity contribution is 0.0370. The fourth-order valence-electron chi connectivity index (χ4n) is 3.56. The van der Waals surface area contributed by atoms with Crippen molar-refractivity contribution in [1.82, 2.24) is 15.3 Å². The number of aryl methyl sites for hydroxylation is 1. The number of aromatic amines is 1. The molecule has 0 aliphatic carbocycles. The molecular formula is C21H25Cl3N4O4. The predicted octanol–water partition coefficient (Wildman–Crippen LogP) is 4.27. The zero-order valence-electron chi connectivity index (χ0n) is 18.2. The molecule has 2 aromatic rings. The van der Waals surface area contributed by atoms with Gasteiger partial charge in [-0.3, -0.25) is 4.79 Å². The molecule has 11 heteroatoms. The second kappa shape index (κ2) is 10.3. The molecule has 0 saturated carbocycles. The Labute approximate surface area is 201 Å². The Bertz CT molecular complexity index is 1010. The minimum Gasteiger partial charge on any atom is -0.458 e. The lowest BCUT2D eigenvalue weighted by Crippen LogP contribution is -2.55. The summed E-state index contributed by atoms with van der Waals surface area (Å²) < 4.78 is 10.9. The fourth-order valence-corrected chi connectivity index (χ4v) is 4.20. The zero-order chi connectivity index (χ0) is 23.6. The van der Waals surface area contributed by atoms with E-state index < -0.39 is 5.97 Å². The fraction of sp³-hybridized carbons (Fsp3) is 0.476. The van der Waals surface area contributed by atoms with Crippen LogP contribution in [0, 0.1) is 6.92 Å². The molecule has 174 valence electrons. The molecule has 2 aromatic heterocycles. The van der Waals surface area contributed by atoms with Crippen LogP contribution < -0.4 is 10.2 Å². The Balaban J connectivity index is 1.73. The van der Waals surface area contributed by atoms with Crippen molar-refractivity contribution >= 4 is 52.4 Å². The molecule has 0 radical (unpaired) electrons. The highest BCUT2D eigenvalue weighted by Crippen LogP contribution is 2.31. The van der Waals surface area contributed by atoms with Crippen LogP contribution in [-0.4, -0.2) is 60.3 Å². The van der Waals surface area contributed by atoms with Crippen molar-refractivity contribution in [3.63, 3.8) is 0 Å². The molecule has 1 amide bonds. The van der Waals surface area contributed by atoms with Crippen molar-refractivity contribution < 1.29 is 19.1 Å². The van der Waals surface area contributed by atoms with Gasteiger partial charge in [0.2, 0.25) is 0 Å². The number of esters is 1. The van der Waals surface area contributed by atoms with E-state index in [0.29, 0.717) is 40.9 Å². The molecule has 1 fully saturated rings. The van der Waals surface area contributed by atoms with Crippen LogP contribution in [-0.2, 0) is 9.47 Å². The summed E-state index contributed by atoms with van der Waals surface area (Å²) >= 11 is 18.6. The van der Waals surface area contributed by atoms with Crippen LogP contribution >= 0.6 is 34.8 Å². The van der Waals surface area contributed by atoms with Crippen molar-refractivity contribution in [2.24, 2.45) is 0 Å². The van der Waals surface area contributed by atoms with Crippen LogP contribution in [0.5, 0.6) is 0 Å². The first-order valence-electron chi connectivity index (χ1n) is 10.1. The van der Waals surface area contributed by atoms with Gasteiger partial charge in [0.1, 0.15) is 5.69 Å². The van der Waals surface area contributed by atoms with E-state index >= 15 is 0 Å². The number of piperidine rings is 1. The number of aromatic nitrogens is 2. The third-order valence-electron chi connectivity index (χ3n) is 5.19. The predicted molar refractivity (Wildman–Crippen MR) is 124 cm³/mol. The van der Waals surface area contributed by atoms with E-state index in [0.717, 1.165) is 0 Å². The molecule has 3 heterocycles. The quantitative estimate of drug-likeness (QED) is 0.572. The van der Waals surface area contributed by atoms with Crippen LogP contribution in [0.4, 0.5) is 5.69 Å². The molecule has 1 aliphatic rings. The van der Waals surface area contributed by atoms with E-state index in [1.165, 1.54) is 6.20 Å². The van der Waals surface area contributed by atoms with E-state index in [4.69, 9.17) is 44.3 Å². The number of ether oxygens (including phenoxy) is 2. The first kappa shape index (κ1) is 24.6. The maximum Gasteiger partial charge on any atom is 0.357 e. The minimum atomic E-state index is -0.514. The molecule has 1 aliphatic heterocycles. The first-order valence-corrected chi connectivity index (χ1v) is 11.2. The van der Waals surface area contributed by atoms with Crippen LogP contribution in [0.2, 0.25) is 15.1 Å². The Hall–Kier alpha value is -2.00. The summed E-state index contributed by atoms with van der Waals surface area (Å²) in [6.07, 6.45) is 1.43. The zero-order valence-corrected chi connectivity index (χ0v) is 20.4. The molecule has 0 spiro atoms. The first-order chi connectivity index (χ1) is 15.1. The third kappa shape index (κ3) is 5.31. The van der Waals surface area contributed by atoms with Crippen molar-refractivity contribution in [3.05, 3.63) is 44.4 Å². The Morgan fingerprint density at radius 3 is 2.59 bits per heavy atom. The van der Waals surface area contributed by atoms with Gasteiger partial charge in [-0.15, -0.1) is 0 Å². The van der Waals surface area contributed by atoms with E-state index in [2.05, 4.69) is 15.3 Å². The largest absolute Gasteiger partial charge is 0.458 e. The van der Waals surface area contributed by atoms with Gasteiger partial charge in [-0.2, -0.15) is 0 Å². The molecule has 32 heavy (non-hydrogen) atoms. The topological polar surface area (TPSA) is 96.5 Å². The summed E-state index contributed by atoms with van der Waals surface area (Å²) in [5, 5.41) is 3.90. The van der Waals surface area contributed by atoms with E-state index in [9.17, 15) is 9.59 Å².